The van der Waals surface area contributed by atoms with Crippen LogP contribution in [0.3, 0.4) is 0 Å². The maximum Gasteiger partial charge on any atom is 0.153 e. The largest absolute Gasteiger partial charge is 0.305 e. The van der Waals surface area contributed by atoms with E-state index in [2.05, 4.69) is 49.5 Å². The van der Waals surface area contributed by atoms with Gasteiger partial charge >= 0.3 is 0 Å². The van der Waals surface area contributed by atoms with Gasteiger partial charge in [-0.25, -0.2) is 4.68 Å². The van der Waals surface area contributed by atoms with Crippen molar-refractivity contribution in [1.82, 2.24) is 25.3 Å². The molecular weight excluding hydrogens is 306 g/mol. The SMILES string of the molecule is CCCNC(c1ccnc(C)c1)c1c(Br)nnn1C. The van der Waals surface area contributed by atoms with Crippen LogP contribution in [0.5, 0.6) is 0 Å². The van der Waals surface area contributed by atoms with Gasteiger partial charge in [0.25, 0.3) is 0 Å². The van der Waals surface area contributed by atoms with Crippen molar-refractivity contribution in [2.45, 2.75) is 26.3 Å². The van der Waals surface area contributed by atoms with Crippen molar-refractivity contribution in [2.24, 2.45) is 7.05 Å². The fraction of sp³-hybridized carbons (Fsp3) is 0.462. The second-order valence-electron chi connectivity index (χ2n) is 4.51. The normalized spacial score (nSPS) is 12.6. The predicted octanol–water partition coefficient (Wildman–Crippen LogP) is 2.37. The summed E-state index contributed by atoms with van der Waals surface area (Å²) in [4.78, 5) is 4.25. The topological polar surface area (TPSA) is 55.6 Å². The summed E-state index contributed by atoms with van der Waals surface area (Å²) in [5.74, 6) is 0. The van der Waals surface area contributed by atoms with Gasteiger partial charge in [-0.05, 0) is 53.5 Å². The van der Waals surface area contributed by atoms with Crippen molar-refractivity contribution in [1.29, 1.82) is 0 Å². The number of nitrogens with zero attached hydrogens (tertiary/aromatic N) is 4. The number of rotatable bonds is 5. The first-order chi connectivity index (χ1) is 9.13. The number of aryl methyl sites for hydroxylation is 2. The Balaban J connectivity index is 2.41. The summed E-state index contributed by atoms with van der Waals surface area (Å²) in [6, 6.07) is 4.18. The molecule has 102 valence electrons. The summed E-state index contributed by atoms with van der Waals surface area (Å²) in [6.45, 7) is 5.08. The molecule has 0 aliphatic carbocycles. The van der Waals surface area contributed by atoms with Gasteiger partial charge in [-0.2, -0.15) is 0 Å². The first kappa shape index (κ1) is 14.1. The van der Waals surface area contributed by atoms with Gasteiger partial charge in [0.05, 0.1) is 11.7 Å². The quantitative estimate of drug-likeness (QED) is 0.917. The molecule has 2 aromatic heterocycles. The van der Waals surface area contributed by atoms with Crippen LogP contribution in [0.4, 0.5) is 0 Å². The van der Waals surface area contributed by atoms with E-state index in [0.717, 1.165) is 29.0 Å². The van der Waals surface area contributed by atoms with Crippen molar-refractivity contribution in [2.75, 3.05) is 6.54 Å². The highest BCUT2D eigenvalue weighted by molar-refractivity contribution is 9.10. The molecule has 1 atom stereocenters. The van der Waals surface area contributed by atoms with E-state index >= 15 is 0 Å². The molecule has 0 saturated heterocycles. The Morgan fingerprint density at radius 2 is 2.26 bits per heavy atom. The fourth-order valence-electron chi connectivity index (χ4n) is 2.05. The summed E-state index contributed by atoms with van der Waals surface area (Å²) in [5, 5.41) is 11.7. The van der Waals surface area contributed by atoms with Crippen LogP contribution in [-0.4, -0.2) is 26.5 Å². The zero-order valence-electron chi connectivity index (χ0n) is 11.4. The molecule has 0 aliphatic rings. The lowest BCUT2D eigenvalue weighted by atomic mass is 10.0. The minimum Gasteiger partial charge on any atom is -0.305 e. The van der Waals surface area contributed by atoms with Crippen molar-refractivity contribution < 1.29 is 0 Å². The summed E-state index contributed by atoms with van der Waals surface area (Å²) >= 11 is 3.48. The molecule has 1 N–H and O–H groups in total. The molecule has 0 amide bonds. The van der Waals surface area contributed by atoms with Gasteiger partial charge in [0, 0.05) is 18.9 Å². The lowest BCUT2D eigenvalue weighted by Crippen LogP contribution is -2.25. The summed E-state index contributed by atoms with van der Waals surface area (Å²) < 4.78 is 2.57. The average Bonchev–Trinajstić information content (AvgIpc) is 2.71. The maximum atomic E-state index is 4.25. The van der Waals surface area contributed by atoms with E-state index in [1.54, 1.807) is 4.68 Å². The second kappa shape index (κ2) is 6.25. The van der Waals surface area contributed by atoms with E-state index in [9.17, 15) is 0 Å². The van der Waals surface area contributed by atoms with E-state index in [0.29, 0.717) is 0 Å². The standard InChI is InChI=1S/C13H18BrN5/c1-4-6-16-11(10-5-7-15-9(2)8-10)12-13(14)17-18-19(12)3/h5,7-8,11,16H,4,6H2,1-3H3. The van der Waals surface area contributed by atoms with Crippen LogP contribution in [0.1, 0.15) is 36.3 Å². The van der Waals surface area contributed by atoms with E-state index in [-0.39, 0.29) is 6.04 Å². The van der Waals surface area contributed by atoms with E-state index < -0.39 is 0 Å². The van der Waals surface area contributed by atoms with Crippen molar-refractivity contribution in [3.8, 4) is 0 Å². The number of aromatic nitrogens is 4. The van der Waals surface area contributed by atoms with E-state index in [4.69, 9.17) is 0 Å². The van der Waals surface area contributed by atoms with Gasteiger partial charge < -0.3 is 5.32 Å². The average molecular weight is 324 g/mol. The first-order valence-electron chi connectivity index (χ1n) is 6.34. The van der Waals surface area contributed by atoms with Gasteiger partial charge in [0.15, 0.2) is 4.60 Å². The molecule has 0 aromatic carbocycles. The minimum absolute atomic E-state index is 0.0658. The molecule has 2 heterocycles. The van der Waals surface area contributed by atoms with Crippen LogP contribution in [0.25, 0.3) is 0 Å². The molecule has 19 heavy (non-hydrogen) atoms. The molecule has 0 bridgehead atoms. The van der Waals surface area contributed by atoms with Crippen LogP contribution in [0.15, 0.2) is 22.9 Å². The van der Waals surface area contributed by atoms with E-state index in [1.165, 1.54) is 5.56 Å². The lowest BCUT2D eigenvalue weighted by molar-refractivity contribution is 0.549. The Labute approximate surface area is 121 Å². The van der Waals surface area contributed by atoms with Crippen LogP contribution < -0.4 is 5.32 Å². The van der Waals surface area contributed by atoms with Gasteiger partial charge in [-0.1, -0.05) is 12.1 Å². The first-order valence-corrected chi connectivity index (χ1v) is 7.13. The Morgan fingerprint density at radius 3 is 2.84 bits per heavy atom. The summed E-state index contributed by atoms with van der Waals surface area (Å²) in [7, 11) is 1.90. The predicted molar refractivity (Wildman–Crippen MR) is 77.8 cm³/mol. The summed E-state index contributed by atoms with van der Waals surface area (Å²) in [5.41, 5.74) is 3.21. The zero-order valence-corrected chi connectivity index (χ0v) is 13.0. The Hall–Kier alpha value is -1.27. The van der Waals surface area contributed by atoms with Crippen LogP contribution in [-0.2, 0) is 7.05 Å². The Morgan fingerprint density at radius 1 is 1.47 bits per heavy atom. The van der Waals surface area contributed by atoms with E-state index in [1.807, 2.05) is 26.2 Å². The highest BCUT2D eigenvalue weighted by atomic mass is 79.9. The Kier molecular flexibility index (Phi) is 4.66. The monoisotopic (exact) mass is 323 g/mol. The third kappa shape index (κ3) is 3.19. The highest BCUT2D eigenvalue weighted by Crippen LogP contribution is 2.26. The van der Waals surface area contributed by atoms with Gasteiger partial charge in [0.2, 0.25) is 0 Å². The Bertz CT molecular complexity index is 532. The lowest BCUT2D eigenvalue weighted by Gasteiger charge is -2.19. The third-order valence-electron chi connectivity index (χ3n) is 2.95. The fourth-order valence-corrected chi connectivity index (χ4v) is 2.61. The molecule has 0 saturated carbocycles. The number of pyridine rings is 1. The third-order valence-corrected chi connectivity index (χ3v) is 3.52. The molecule has 6 heteroatoms. The minimum atomic E-state index is 0.0658. The van der Waals surface area contributed by atoms with Gasteiger partial charge in [-0.3, -0.25) is 4.98 Å². The van der Waals surface area contributed by atoms with Crippen LogP contribution in [0, 0.1) is 6.92 Å². The second-order valence-corrected chi connectivity index (χ2v) is 5.26. The zero-order chi connectivity index (χ0) is 13.8. The van der Waals surface area contributed by atoms with Crippen LogP contribution in [0.2, 0.25) is 0 Å². The molecule has 0 fully saturated rings. The molecular formula is C13H18BrN5. The molecule has 0 spiro atoms. The van der Waals surface area contributed by atoms with Gasteiger partial charge in [-0.15, -0.1) is 5.10 Å². The molecule has 2 rings (SSSR count). The molecule has 5 nitrogen and oxygen atoms in total. The van der Waals surface area contributed by atoms with Crippen molar-refractivity contribution in [3.05, 3.63) is 39.9 Å². The number of hydrogen-bond acceptors (Lipinski definition) is 4. The number of halogens is 1. The maximum absolute atomic E-state index is 4.25. The molecule has 2 aromatic rings. The summed E-state index contributed by atoms with van der Waals surface area (Å²) in [6.07, 6.45) is 2.91. The molecule has 1 unspecified atom stereocenters. The van der Waals surface area contributed by atoms with Gasteiger partial charge in [0.1, 0.15) is 0 Å². The number of hydrogen-bond donors (Lipinski definition) is 1. The smallest absolute Gasteiger partial charge is 0.153 e. The number of nitrogens with one attached hydrogen (secondary N) is 1. The van der Waals surface area contributed by atoms with Crippen molar-refractivity contribution >= 4 is 15.9 Å². The van der Waals surface area contributed by atoms with Crippen molar-refractivity contribution in [3.63, 3.8) is 0 Å². The van der Waals surface area contributed by atoms with Crippen LogP contribution >= 0.6 is 15.9 Å². The highest BCUT2D eigenvalue weighted by Gasteiger charge is 2.21. The molecule has 0 aliphatic heterocycles. The molecule has 0 radical (unpaired) electrons.